The molecule has 1 aromatic rings. The maximum Gasteiger partial charge on any atom is 0.283 e. The quantitative estimate of drug-likeness (QED) is 0.656. The van der Waals surface area contributed by atoms with E-state index in [-0.39, 0.29) is 24.3 Å². The average molecular weight is 301 g/mol. The molecule has 6 nitrogen and oxygen atoms in total. The number of nitrogens with zero attached hydrogens (tertiary/aromatic N) is 2. The van der Waals surface area contributed by atoms with Crippen LogP contribution in [0.2, 0.25) is 0 Å². The predicted molar refractivity (Wildman–Crippen MR) is 62.7 cm³/mol. The minimum Gasteiger partial charge on any atom is -0.389 e. The minimum absolute atomic E-state index is 0.0464. The van der Waals surface area contributed by atoms with Gasteiger partial charge in [-0.15, -0.1) is 0 Å². The number of rotatable bonds is 2. The highest BCUT2D eigenvalue weighted by Gasteiger charge is 2.32. The van der Waals surface area contributed by atoms with Crippen molar-refractivity contribution in [1.82, 2.24) is 4.90 Å². The molecule has 0 atom stereocenters. The molecule has 0 saturated carbocycles. The van der Waals surface area contributed by atoms with Gasteiger partial charge < -0.3 is 10.0 Å². The Labute approximate surface area is 105 Å². The van der Waals surface area contributed by atoms with E-state index in [4.69, 9.17) is 5.11 Å². The van der Waals surface area contributed by atoms with Gasteiger partial charge in [-0.1, -0.05) is 15.9 Å². The van der Waals surface area contributed by atoms with E-state index in [0.717, 1.165) is 0 Å². The molecule has 0 unspecified atom stereocenters. The SMILES string of the molecule is O=C(c1ccc(Br)cc1[N+](=O)[O-])N1CC(O)C1. The molecule has 0 aliphatic carbocycles. The molecule has 0 bridgehead atoms. The predicted octanol–water partition coefficient (Wildman–Crippen LogP) is 1.17. The first-order valence-electron chi connectivity index (χ1n) is 4.90. The van der Waals surface area contributed by atoms with Crippen molar-refractivity contribution >= 4 is 27.5 Å². The van der Waals surface area contributed by atoms with Gasteiger partial charge in [0, 0.05) is 23.6 Å². The highest BCUT2D eigenvalue weighted by molar-refractivity contribution is 9.10. The lowest BCUT2D eigenvalue weighted by Crippen LogP contribution is -2.53. The Morgan fingerprint density at radius 3 is 2.71 bits per heavy atom. The van der Waals surface area contributed by atoms with Crippen molar-refractivity contribution < 1.29 is 14.8 Å². The normalized spacial score (nSPS) is 15.5. The first-order chi connectivity index (χ1) is 7.99. The minimum atomic E-state index is -0.589. The number of benzene rings is 1. The van der Waals surface area contributed by atoms with Crippen LogP contribution >= 0.6 is 15.9 Å². The number of halogens is 1. The molecule has 1 aliphatic rings. The molecule has 1 saturated heterocycles. The molecule has 7 heteroatoms. The number of hydrogen-bond donors (Lipinski definition) is 1. The number of aliphatic hydroxyl groups is 1. The lowest BCUT2D eigenvalue weighted by Gasteiger charge is -2.35. The summed E-state index contributed by atoms with van der Waals surface area (Å²) in [6.45, 7) is 0.456. The molecule has 1 N–H and O–H groups in total. The van der Waals surface area contributed by atoms with Crippen LogP contribution in [0.5, 0.6) is 0 Å². The first kappa shape index (κ1) is 12.0. The van der Waals surface area contributed by atoms with Crippen LogP contribution in [0.3, 0.4) is 0 Å². The molecule has 2 rings (SSSR count). The van der Waals surface area contributed by atoms with Crippen LogP contribution < -0.4 is 0 Å². The van der Waals surface area contributed by atoms with Crippen molar-refractivity contribution in [3.05, 3.63) is 38.3 Å². The number of amides is 1. The van der Waals surface area contributed by atoms with Gasteiger partial charge >= 0.3 is 0 Å². The van der Waals surface area contributed by atoms with Gasteiger partial charge in [0.15, 0.2) is 0 Å². The van der Waals surface area contributed by atoms with Crippen LogP contribution in [0.15, 0.2) is 22.7 Å². The Balaban J connectivity index is 2.31. The third-order valence-corrected chi connectivity index (χ3v) is 3.03. The van der Waals surface area contributed by atoms with Gasteiger partial charge in [-0.05, 0) is 12.1 Å². The maximum absolute atomic E-state index is 11.9. The zero-order chi connectivity index (χ0) is 12.6. The summed E-state index contributed by atoms with van der Waals surface area (Å²) in [6, 6.07) is 4.29. The van der Waals surface area contributed by atoms with Crippen LogP contribution in [-0.4, -0.2) is 40.0 Å². The van der Waals surface area contributed by atoms with Gasteiger partial charge in [0.2, 0.25) is 0 Å². The molecule has 0 radical (unpaired) electrons. The molecule has 17 heavy (non-hydrogen) atoms. The Kier molecular flexibility index (Phi) is 3.12. The van der Waals surface area contributed by atoms with E-state index in [0.29, 0.717) is 4.47 Å². The average Bonchev–Trinajstić information content (AvgIpc) is 2.23. The van der Waals surface area contributed by atoms with E-state index < -0.39 is 16.9 Å². The standard InChI is InChI=1S/C10H9BrN2O4/c11-6-1-2-8(9(3-6)13(16)17)10(15)12-4-7(14)5-12/h1-3,7,14H,4-5H2. The summed E-state index contributed by atoms with van der Waals surface area (Å²) in [5.74, 6) is -0.422. The fourth-order valence-corrected chi connectivity index (χ4v) is 1.98. The molecular formula is C10H9BrN2O4. The number of nitro benzene ring substituents is 1. The summed E-state index contributed by atoms with van der Waals surface area (Å²) in [5.41, 5.74) is -0.184. The first-order valence-corrected chi connectivity index (χ1v) is 5.69. The van der Waals surface area contributed by atoms with Gasteiger partial charge in [0.25, 0.3) is 11.6 Å². The van der Waals surface area contributed by atoms with Crippen LogP contribution in [0.4, 0.5) is 5.69 Å². The summed E-state index contributed by atoms with van der Waals surface area (Å²) >= 11 is 3.12. The molecular weight excluding hydrogens is 292 g/mol. The van der Waals surface area contributed by atoms with Gasteiger partial charge in [-0.2, -0.15) is 0 Å². The van der Waals surface area contributed by atoms with Crippen molar-refractivity contribution in [1.29, 1.82) is 0 Å². The molecule has 90 valence electrons. The number of aliphatic hydroxyl groups excluding tert-OH is 1. The third kappa shape index (κ3) is 2.29. The second-order valence-corrected chi connectivity index (χ2v) is 4.70. The smallest absolute Gasteiger partial charge is 0.283 e. The Morgan fingerprint density at radius 2 is 2.18 bits per heavy atom. The van der Waals surface area contributed by atoms with Crippen molar-refractivity contribution in [2.24, 2.45) is 0 Å². The summed E-state index contributed by atoms with van der Waals surface area (Å²) in [5, 5.41) is 19.9. The van der Waals surface area contributed by atoms with Gasteiger partial charge in [-0.3, -0.25) is 14.9 Å². The molecule has 1 aromatic carbocycles. The monoisotopic (exact) mass is 300 g/mol. The summed E-state index contributed by atoms with van der Waals surface area (Å²) < 4.78 is 0.546. The molecule has 0 aromatic heterocycles. The second kappa shape index (κ2) is 4.42. The zero-order valence-corrected chi connectivity index (χ0v) is 10.3. The lowest BCUT2D eigenvalue weighted by molar-refractivity contribution is -0.385. The highest BCUT2D eigenvalue weighted by Crippen LogP contribution is 2.26. The summed E-state index contributed by atoms with van der Waals surface area (Å²) in [7, 11) is 0. The van der Waals surface area contributed by atoms with Crippen molar-refractivity contribution in [2.45, 2.75) is 6.10 Å². The highest BCUT2D eigenvalue weighted by atomic mass is 79.9. The number of β-amino-alcohol motifs (C(OH)–C–C–N with tert-alkyl or cyclic N) is 1. The Morgan fingerprint density at radius 1 is 1.53 bits per heavy atom. The number of nitro groups is 1. The number of likely N-dealkylation sites (tertiary alicyclic amines) is 1. The number of carbonyl (C=O) groups excluding carboxylic acids is 1. The molecule has 1 heterocycles. The Bertz CT molecular complexity index is 485. The topological polar surface area (TPSA) is 83.7 Å². The molecule has 1 fully saturated rings. The second-order valence-electron chi connectivity index (χ2n) is 3.78. The number of hydrogen-bond acceptors (Lipinski definition) is 4. The van der Waals surface area contributed by atoms with E-state index in [1.54, 1.807) is 6.07 Å². The van der Waals surface area contributed by atoms with Gasteiger partial charge in [0.05, 0.1) is 11.0 Å². The van der Waals surface area contributed by atoms with Crippen LogP contribution in [0.1, 0.15) is 10.4 Å². The lowest BCUT2D eigenvalue weighted by atomic mass is 10.1. The number of carbonyl (C=O) groups is 1. The molecule has 0 spiro atoms. The van der Waals surface area contributed by atoms with Crippen LogP contribution in [0, 0.1) is 10.1 Å². The van der Waals surface area contributed by atoms with E-state index >= 15 is 0 Å². The van der Waals surface area contributed by atoms with Crippen molar-refractivity contribution in [3.8, 4) is 0 Å². The van der Waals surface area contributed by atoms with Gasteiger partial charge in [0.1, 0.15) is 5.56 Å². The fraction of sp³-hybridized carbons (Fsp3) is 0.300. The summed E-state index contributed by atoms with van der Waals surface area (Å²) in [6.07, 6.45) is -0.520. The van der Waals surface area contributed by atoms with Crippen LogP contribution in [-0.2, 0) is 0 Å². The van der Waals surface area contributed by atoms with Crippen LogP contribution in [0.25, 0.3) is 0 Å². The fourth-order valence-electron chi connectivity index (χ4n) is 1.63. The largest absolute Gasteiger partial charge is 0.389 e. The maximum atomic E-state index is 11.9. The summed E-state index contributed by atoms with van der Waals surface area (Å²) in [4.78, 5) is 23.5. The van der Waals surface area contributed by atoms with E-state index in [1.807, 2.05) is 0 Å². The molecule has 1 amide bonds. The van der Waals surface area contributed by atoms with E-state index in [1.165, 1.54) is 17.0 Å². The van der Waals surface area contributed by atoms with E-state index in [9.17, 15) is 14.9 Å². The van der Waals surface area contributed by atoms with Gasteiger partial charge in [-0.25, -0.2) is 0 Å². The zero-order valence-electron chi connectivity index (χ0n) is 8.67. The van der Waals surface area contributed by atoms with Crippen molar-refractivity contribution in [2.75, 3.05) is 13.1 Å². The third-order valence-electron chi connectivity index (χ3n) is 2.54. The Hall–Kier alpha value is -1.47. The molecule has 1 aliphatic heterocycles. The van der Waals surface area contributed by atoms with Crippen molar-refractivity contribution in [3.63, 3.8) is 0 Å². The van der Waals surface area contributed by atoms with E-state index in [2.05, 4.69) is 15.9 Å².